The van der Waals surface area contributed by atoms with Crippen molar-refractivity contribution in [2.24, 2.45) is 0 Å². The van der Waals surface area contributed by atoms with Crippen LogP contribution in [0.5, 0.6) is 11.5 Å². The van der Waals surface area contributed by atoms with Gasteiger partial charge in [0, 0.05) is 10.7 Å². The van der Waals surface area contributed by atoms with Gasteiger partial charge in [-0.15, -0.1) is 0 Å². The first-order chi connectivity index (χ1) is 14.3. The minimum atomic E-state index is -4.45. The zero-order valence-corrected chi connectivity index (χ0v) is 16.2. The molecule has 3 aromatic carbocycles. The molecule has 1 N–H and O–H groups in total. The van der Waals surface area contributed by atoms with Gasteiger partial charge >= 0.3 is 6.18 Å². The van der Waals surface area contributed by atoms with Gasteiger partial charge < -0.3 is 4.74 Å². The number of benzene rings is 3. The summed E-state index contributed by atoms with van der Waals surface area (Å²) in [6.45, 7) is 0.0317. The molecule has 0 spiro atoms. The minimum absolute atomic E-state index is 0.0317. The third kappa shape index (κ3) is 4.27. The van der Waals surface area contributed by atoms with Gasteiger partial charge in [0.1, 0.15) is 17.7 Å². The Balaban J connectivity index is 1.57. The summed E-state index contributed by atoms with van der Waals surface area (Å²) in [5, 5.41) is 3.57. The van der Waals surface area contributed by atoms with Gasteiger partial charge in [-0.25, -0.2) is 0 Å². The molecule has 1 amide bonds. The lowest BCUT2D eigenvalue weighted by molar-refractivity contribution is -0.137. The first-order valence-corrected chi connectivity index (χ1v) is 9.45. The highest BCUT2D eigenvalue weighted by atomic mass is 35.5. The molecule has 4 nitrogen and oxygen atoms in total. The summed E-state index contributed by atoms with van der Waals surface area (Å²) < 4.78 is 45.0. The van der Waals surface area contributed by atoms with Gasteiger partial charge in [0.05, 0.1) is 12.1 Å². The molecule has 30 heavy (non-hydrogen) atoms. The summed E-state index contributed by atoms with van der Waals surface area (Å²) in [5.74, 6) is 0.924. The van der Waals surface area contributed by atoms with Gasteiger partial charge in [-0.05, 0) is 66.2 Å². The maximum atomic E-state index is 13.1. The van der Waals surface area contributed by atoms with E-state index in [1.54, 1.807) is 54.6 Å². The monoisotopic (exact) mass is 432 g/mol. The van der Waals surface area contributed by atoms with Crippen molar-refractivity contribution in [3.8, 4) is 11.5 Å². The fourth-order valence-corrected chi connectivity index (χ4v) is 3.39. The maximum absolute atomic E-state index is 13.1. The standard InChI is InChI=1S/C22H16ClF3N2O2/c23-16-4-8-18(9-5-16)30-19-10-6-17(7-11-19)28-20(29)13-27-21(28)14-2-1-3-15(12-14)22(24,25)26/h1-12,21,27H,13H2. The van der Waals surface area contributed by atoms with Crippen molar-refractivity contribution < 1.29 is 22.7 Å². The molecule has 1 saturated heterocycles. The number of hydrogen-bond donors (Lipinski definition) is 1. The van der Waals surface area contributed by atoms with Crippen LogP contribution in [-0.2, 0) is 11.0 Å². The summed E-state index contributed by atoms with van der Waals surface area (Å²) >= 11 is 5.86. The highest BCUT2D eigenvalue weighted by Gasteiger charge is 2.35. The lowest BCUT2D eigenvalue weighted by Gasteiger charge is -2.25. The Morgan fingerprint density at radius 3 is 2.23 bits per heavy atom. The van der Waals surface area contributed by atoms with Crippen molar-refractivity contribution >= 4 is 23.2 Å². The van der Waals surface area contributed by atoms with Crippen LogP contribution in [0.1, 0.15) is 17.3 Å². The van der Waals surface area contributed by atoms with Crippen molar-refractivity contribution in [1.82, 2.24) is 5.32 Å². The highest BCUT2D eigenvalue weighted by molar-refractivity contribution is 6.30. The third-order valence-corrected chi connectivity index (χ3v) is 4.92. The number of alkyl halides is 3. The molecular formula is C22H16ClF3N2O2. The number of nitrogens with one attached hydrogen (secondary N) is 1. The quantitative estimate of drug-likeness (QED) is 0.567. The van der Waals surface area contributed by atoms with E-state index < -0.39 is 17.9 Å². The molecule has 1 fully saturated rings. The fourth-order valence-electron chi connectivity index (χ4n) is 3.26. The molecule has 0 aliphatic carbocycles. The second-order valence-electron chi connectivity index (χ2n) is 6.72. The van der Waals surface area contributed by atoms with Crippen LogP contribution in [-0.4, -0.2) is 12.5 Å². The Labute approximate surface area is 175 Å². The smallest absolute Gasteiger partial charge is 0.416 e. The summed E-state index contributed by atoms with van der Waals surface area (Å²) in [6, 6.07) is 18.6. The average Bonchev–Trinajstić information content (AvgIpc) is 3.11. The molecule has 1 atom stereocenters. The van der Waals surface area contributed by atoms with Crippen molar-refractivity contribution in [3.63, 3.8) is 0 Å². The van der Waals surface area contributed by atoms with E-state index in [0.717, 1.165) is 12.1 Å². The van der Waals surface area contributed by atoms with Crippen LogP contribution in [0.4, 0.5) is 18.9 Å². The van der Waals surface area contributed by atoms with Gasteiger partial charge in [-0.3, -0.25) is 15.0 Å². The van der Waals surface area contributed by atoms with E-state index in [2.05, 4.69) is 5.32 Å². The predicted octanol–water partition coefficient (Wildman–Crippen LogP) is 5.79. The van der Waals surface area contributed by atoms with E-state index in [9.17, 15) is 18.0 Å². The summed E-state index contributed by atoms with van der Waals surface area (Å²) in [6.07, 6.45) is -5.15. The molecule has 1 unspecified atom stereocenters. The molecule has 0 aromatic heterocycles. The van der Waals surface area contributed by atoms with E-state index in [1.165, 1.54) is 11.0 Å². The molecular weight excluding hydrogens is 417 g/mol. The van der Waals surface area contributed by atoms with Gasteiger partial charge in [0.2, 0.25) is 5.91 Å². The fraction of sp³-hybridized carbons (Fsp3) is 0.136. The van der Waals surface area contributed by atoms with Crippen LogP contribution in [0.3, 0.4) is 0 Å². The lowest BCUT2D eigenvalue weighted by Crippen LogP contribution is -2.30. The SMILES string of the molecule is O=C1CNC(c2cccc(C(F)(F)F)c2)N1c1ccc(Oc2ccc(Cl)cc2)cc1. The largest absolute Gasteiger partial charge is 0.457 e. The molecule has 3 aromatic rings. The summed E-state index contributed by atoms with van der Waals surface area (Å²) in [5.41, 5.74) is 0.154. The van der Waals surface area contributed by atoms with Crippen molar-refractivity contribution in [3.05, 3.63) is 88.9 Å². The van der Waals surface area contributed by atoms with E-state index in [1.807, 2.05) is 0 Å². The van der Waals surface area contributed by atoms with Crippen molar-refractivity contribution in [1.29, 1.82) is 0 Å². The van der Waals surface area contributed by atoms with Crippen LogP contribution in [0.2, 0.25) is 5.02 Å². The number of carbonyl (C=O) groups is 1. The number of nitrogens with zero attached hydrogens (tertiary/aromatic N) is 1. The lowest BCUT2D eigenvalue weighted by atomic mass is 10.1. The van der Waals surface area contributed by atoms with E-state index in [-0.39, 0.29) is 12.5 Å². The number of ether oxygens (including phenoxy) is 1. The molecule has 8 heteroatoms. The summed E-state index contributed by atoms with van der Waals surface area (Å²) in [7, 11) is 0. The van der Waals surface area contributed by atoms with Gasteiger partial charge in [-0.1, -0.05) is 23.7 Å². The Kier molecular flexibility index (Phi) is 5.40. The van der Waals surface area contributed by atoms with Crippen LogP contribution < -0.4 is 15.0 Å². The Morgan fingerprint density at radius 2 is 1.60 bits per heavy atom. The number of hydrogen-bond acceptors (Lipinski definition) is 3. The number of carbonyl (C=O) groups excluding carboxylic acids is 1. The predicted molar refractivity (Wildman–Crippen MR) is 108 cm³/mol. The van der Waals surface area contributed by atoms with Crippen molar-refractivity contribution in [2.45, 2.75) is 12.3 Å². The van der Waals surface area contributed by atoms with Gasteiger partial charge in [0.25, 0.3) is 0 Å². The molecule has 0 radical (unpaired) electrons. The van der Waals surface area contributed by atoms with Crippen LogP contribution in [0.15, 0.2) is 72.8 Å². The molecule has 1 heterocycles. The zero-order valence-electron chi connectivity index (χ0n) is 15.5. The second kappa shape index (κ2) is 8.01. The highest BCUT2D eigenvalue weighted by Crippen LogP contribution is 2.35. The molecule has 1 aliphatic heterocycles. The van der Waals surface area contributed by atoms with E-state index in [0.29, 0.717) is 27.8 Å². The zero-order chi connectivity index (χ0) is 21.3. The Hall–Kier alpha value is -3.03. The maximum Gasteiger partial charge on any atom is 0.416 e. The second-order valence-corrected chi connectivity index (χ2v) is 7.16. The van der Waals surface area contributed by atoms with Crippen LogP contribution in [0, 0.1) is 0 Å². The topological polar surface area (TPSA) is 41.6 Å². The third-order valence-electron chi connectivity index (χ3n) is 4.67. The molecule has 4 rings (SSSR count). The number of rotatable bonds is 4. The van der Waals surface area contributed by atoms with Crippen molar-refractivity contribution in [2.75, 3.05) is 11.4 Å². The van der Waals surface area contributed by atoms with E-state index in [4.69, 9.17) is 16.3 Å². The summed E-state index contributed by atoms with van der Waals surface area (Å²) in [4.78, 5) is 13.9. The number of anilines is 1. The number of amides is 1. The van der Waals surface area contributed by atoms with Gasteiger partial charge in [0.15, 0.2) is 0 Å². The first kappa shape index (κ1) is 20.3. The molecule has 154 valence electrons. The number of halogens is 4. The Morgan fingerprint density at radius 1 is 0.967 bits per heavy atom. The first-order valence-electron chi connectivity index (χ1n) is 9.07. The van der Waals surface area contributed by atoms with E-state index >= 15 is 0 Å². The molecule has 0 saturated carbocycles. The average molecular weight is 433 g/mol. The van der Waals surface area contributed by atoms with Crippen LogP contribution >= 0.6 is 11.6 Å². The molecule has 0 bridgehead atoms. The Bertz CT molecular complexity index is 1050. The molecule has 1 aliphatic rings. The normalized spacial score (nSPS) is 16.7. The van der Waals surface area contributed by atoms with Crippen LogP contribution in [0.25, 0.3) is 0 Å². The minimum Gasteiger partial charge on any atom is -0.457 e. The van der Waals surface area contributed by atoms with Gasteiger partial charge in [-0.2, -0.15) is 13.2 Å².